The maximum Gasteiger partial charge on any atom is 0.237 e. The zero-order valence-electron chi connectivity index (χ0n) is 16.3. The van der Waals surface area contributed by atoms with Gasteiger partial charge in [-0.3, -0.25) is 9.52 Å². The molecule has 0 fully saturated rings. The molecule has 0 spiro atoms. The first-order valence-electron chi connectivity index (χ1n) is 9.06. The third kappa shape index (κ3) is 4.59. The molecule has 0 radical (unpaired) electrons. The molecule has 1 aliphatic heterocycles. The van der Waals surface area contributed by atoms with Gasteiger partial charge in [-0.1, -0.05) is 24.3 Å². The van der Waals surface area contributed by atoms with E-state index in [9.17, 15) is 17.6 Å². The molecule has 0 aliphatic carbocycles. The smallest absolute Gasteiger partial charge is 0.237 e. The number of rotatable bonds is 6. The lowest BCUT2D eigenvalue weighted by molar-refractivity contribution is -0.127. The van der Waals surface area contributed by atoms with Gasteiger partial charge in [0, 0.05) is 18.2 Å². The molecular weight excluding hydrogens is 395 g/mol. The van der Waals surface area contributed by atoms with Gasteiger partial charge in [0.2, 0.25) is 15.9 Å². The largest absolute Gasteiger partial charge is 0.490 e. The third-order valence-electron chi connectivity index (χ3n) is 4.55. The van der Waals surface area contributed by atoms with Crippen LogP contribution in [0.4, 0.5) is 15.8 Å². The summed E-state index contributed by atoms with van der Waals surface area (Å²) >= 11 is 0. The number of anilines is 2. The van der Waals surface area contributed by atoms with Gasteiger partial charge in [-0.2, -0.15) is 0 Å². The molecule has 6 nitrogen and oxygen atoms in total. The summed E-state index contributed by atoms with van der Waals surface area (Å²) in [4.78, 5) is 14.4. The second kappa shape index (κ2) is 7.87. The number of halogens is 1. The average molecular weight is 418 g/mol. The predicted molar refractivity (Wildman–Crippen MR) is 111 cm³/mol. The highest BCUT2D eigenvalue weighted by molar-refractivity contribution is 7.91. The Morgan fingerprint density at radius 3 is 2.69 bits per heavy atom. The van der Waals surface area contributed by atoms with E-state index in [2.05, 4.69) is 11.3 Å². The predicted octanol–water partition coefficient (Wildman–Crippen LogP) is 3.71. The highest BCUT2D eigenvalue weighted by Gasteiger charge is 2.37. The molecule has 154 valence electrons. The average Bonchev–Trinajstić information content (AvgIpc) is 2.74. The Hall–Kier alpha value is -2.87. The molecule has 29 heavy (non-hydrogen) atoms. The molecule has 0 saturated carbocycles. The van der Waals surface area contributed by atoms with Gasteiger partial charge in [0.15, 0.2) is 0 Å². The fourth-order valence-electron chi connectivity index (χ4n) is 3.06. The number of fused-ring (bicyclic) bond motifs is 1. The maximum atomic E-state index is 13.8. The number of nitrogens with one attached hydrogen (secondary N) is 1. The van der Waals surface area contributed by atoms with Crippen LogP contribution in [0, 0.1) is 11.2 Å². The molecule has 3 rings (SSSR count). The summed E-state index contributed by atoms with van der Waals surface area (Å²) < 4.78 is 47.0. The quantitative estimate of drug-likeness (QED) is 0.726. The molecule has 0 bridgehead atoms. The van der Waals surface area contributed by atoms with Crippen molar-refractivity contribution in [1.29, 1.82) is 0 Å². The molecule has 0 unspecified atom stereocenters. The molecule has 0 atom stereocenters. The van der Waals surface area contributed by atoms with E-state index in [-0.39, 0.29) is 23.8 Å². The fourth-order valence-corrected chi connectivity index (χ4v) is 4.26. The second-order valence-electron chi connectivity index (χ2n) is 7.51. The SMILES string of the molecule is C=CCN1C(=O)C(C)(C)COc2cc(NS(=O)(=O)Cc3ccccc3F)ccc21. The molecule has 8 heteroatoms. The van der Waals surface area contributed by atoms with Crippen LogP contribution in [0.3, 0.4) is 0 Å². The van der Waals surface area contributed by atoms with Crippen molar-refractivity contribution in [1.82, 2.24) is 0 Å². The number of benzene rings is 2. The first kappa shape index (κ1) is 20.9. The van der Waals surface area contributed by atoms with Gasteiger partial charge in [-0.15, -0.1) is 6.58 Å². The molecule has 1 aliphatic rings. The molecule has 1 N–H and O–H groups in total. The lowest BCUT2D eigenvalue weighted by Gasteiger charge is -2.27. The highest BCUT2D eigenvalue weighted by Crippen LogP contribution is 2.38. The van der Waals surface area contributed by atoms with Gasteiger partial charge in [0.1, 0.15) is 18.2 Å². The standard InChI is InChI=1S/C21H23FN2O4S/c1-4-11-24-18-10-9-16(12-19(18)28-14-21(2,3)20(24)25)23-29(26,27)13-15-7-5-6-8-17(15)22/h4-10,12,23H,1,11,13-14H2,2-3H3. The topological polar surface area (TPSA) is 75.7 Å². The zero-order chi connectivity index (χ0) is 21.2. The van der Waals surface area contributed by atoms with Crippen LogP contribution in [0.1, 0.15) is 19.4 Å². The lowest BCUT2D eigenvalue weighted by Crippen LogP contribution is -2.42. The van der Waals surface area contributed by atoms with Crippen LogP contribution >= 0.6 is 0 Å². The number of sulfonamides is 1. The Balaban J connectivity index is 1.89. The van der Waals surface area contributed by atoms with Gasteiger partial charge >= 0.3 is 0 Å². The second-order valence-corrected chi connectivity index (χ2v) is 9.23. The normalized spacial score (nSPS) is 15.8. The number of amides is 1. The Morgan fingerprint density at radius 2 is 2.00 bits per heavy atom. The Kier molecular flexibility index (Phi) is 5.66. The number of hydrogen-bond donors (Lipinski definition) is 1. The number of carbonyl (C=O) groups is 1. The summed E-state index contributed by atoms with van der Waals surface area (Å²) in [5.41, 5.74) is 0.144. The van der Waals surface area contributed by atoms with Crippen LogP contribution in [-0.4, -0.2) is 27.5 Å². The minimum atomic E-state index is -3.85. The van der Waals surface area contributed by atoms with Crippen molar-refractivity contribution >= 4 is 27.3 Å². The number of nitrogens with zero attached hydrogens (tertiary/aromatic N) is 1. The minimum absolute atomic E-state index is 0.0792. The van der Waals surface area contributed by atoms with Gasteiger partial charge in [0.05, 0.1) is 22.5 Å². The van der Waals surface area contributed by atoms with E-state index >= 15 is 0 Å². The Labute approximate surface area is 170 Å². The minimum Gasteiger partial charge on any atom is -0.490 e. The van der Waals surface area contributed by atoms with Crippen LogP contribution < -0.4 is 14.4 Å². The van der Waals surface area contributed by atoms with E-state index < -0.39 is 27.0 Å². The summed E-state index contributed by atoms with van der Waals surface area (Å²) in [5, 5.41) is 0. The molecular formula is C21H23FN2O4S. The van der Waals surface area contributed by atoms with Crippen LogP contribution in [0.5, 0.6) is 5.75 Å². The number of carbonyl (C=O) groups excluding carboxylic acids is 1. The van der Waals surface area contributed by atoms with E-state index in [1.165, 1.54) is 24.3 Å². The van der Waals surface area contributed by atoms with Gasteiger partial charge in [0.25, 0.3) is 0 Å². The molecule has 2 aromatic carbocycles. The summed E-state index contributed by atoms with van der Waals surface area (Å²) in [6.07, 6.45) is 1.62. The molecule has 1 amide bonds. The Morgan fingerprint density at radius 1 is 1.28 bits per heavy atom. The van der Waals surface area contributed by atoms with Crippen molar-refractivity contribution in [3.63, 3.8) is 0 Å². The Bertz CT molecular complexity index is 1050. The monoisotopic (exact) mass is 418 g/mol. The number of hydrogen-bond acceptors (Lipinski definition) is 4. The van der Waals surface area contributed by atoms with Crippen molar-refractivity contribution in [2.45, 2.75) is 19.6 Å². The van der Waals surface area contributed by atoms with Gasteiger partial charge < -0.3 is 9.64 Å². The third-order valence-corrected chi connectivity index (χ3v) is 5.79. The van der Waals surface area contributed by atoms with Crippen molar-refractivity contribution in [3.8, 4) is 5.75 Å². The molecule has 0 aromatic heterocycles. The maximum absolute atomic E-state index is 13.8. The van der Waals surface area contributed by atoms with E-state index in [1.807, 2.05) is 0 Å². The van der Waals surface area contributed by atoms with Crippen molar-refractivity contribution in [2.24, 2.45) is 5.41 Å². The first-order valence-corrected chi connectivity index (χ1v) is 10.7. The van der Waals surface area contributed by atoms with Gasteiger partial charge in [-0.05, 0) is 32.0 Å². The summed E-state index contributed by atoms with van der Waals surface area (Å²) in [5.74, 6) is -0.795. The highest BCUT2D eigenvalue weighted by atomic mass is 32.2. The van der Waals surface area contributed by atoms with Crippen LogP contribution in [0.15, 0.2) is 55.1 Å². The number of ether oxygens (including phenoxy) is 1. The van der Waals surface area contributed by atoms with Crippen molar-refractivity contribution in [3.05, 3.63) is 66.5 Å². The van der Waals surface area contributed by atoms with E-state index in [0.29, 0.717) is 18.0 Å². The lowest BCUT2D eigenvalue weighted by atomic mass is 9.93. The van der Waals surface area contributed by atoms with Crippen LogP contribution in [0.25, 0.3) is 0 Å². The molecule has 0 saturated heterocycles. The van der Waals surface area contributed by atoms with E-state index in [0.717, 1.165) is 0 Å². The first-order chi connectivity index (χ1) is 13.6. The van der Waals surface area contributed by atoms with E-state index in [4.69, 9.17) is 4.74 Å². The van der Waals surface area contributed by atoms with Crippen LogP contribution in [0.2, 0.25) is 0 Å². The zero-order valence-corrected chi connectivity index (χ0v) is 17.1. The summed E-state index contributed by atoms with van der Waals surface area (Å²) in [7, 11) is -3.85. The molecule has 1 heterocycles. The van der Waals surface area contributed by atoms with Gasteiger partial charge in [-0.25, -0.2) is 12.8 Å². The van der Waals surface area contributed by atoms with Crippen LogP contribution in [-0.2, 0) is 20.6 Å². The van der Waals surface area contributed by atoms with Crippen molar-refractivity contribution < 1.29 is 22.3 Å². The fraction of sp³-hybridized carbons (Fsp3) is 0.286. The van der Waals surface area contributed by atoms with E-state index in [1.54, 1.807) is 43.0 Å². The summed E-state index contributed by atoms with van der Waals surface area (Å²) in [6.45, 7) is 7.72. The molecule has 2 aromatic rings. The summed E-state index contributed by atoms with van der Waals surface area (Å²) in [6, 6.07) is 10.4. The van der Waals surface area contributed by atoms with Crippen molar-refractivity contribution in [2.75, 3.05) is 22.8 Å².